The number of nitrogen functional groups attached to an aromatic ring is 1. The predicted octanol–water partition coefficient (Wildman–Crippen LogP) is 3.10. The van der Waals surface area contributed by atoms with Crippen LogP contribution in [0.1, 0.15) is 25.5 Å². The Kier molecular flexibility index (Phi) is 5.81. The minimum Gasteiger partial charge on any atom is -0.368 e. The van der Waals surface area contributed by atoms with Crippen LogP contribution in [0.4, 0.5) is 16.0 Å². The van der Waals surface area contributed by atoms with Gasteiger partial charge in [0.25, 0.3) is 5.56 Å². The lowest BCUT2D eigenvalue weighted by Crippen LogP contribution is -2.25. The van der Waals surface area contributed by atoms with Gasteiger partial charge >= 0.3 is 0 Å². The molecule has 0 aliphatic heterocycles. The Hall–Kier alpha value is -3.86. The molecule has 0 spiro atoms. The van der Waals surface area contributed by atoms with E-state index in [9.17, 15) is 17.6 Å². The quantitative estimate of drug-likeness (QED) is 0.444. The molecule has 3 heterocycles. The van der Waals surface area contributed by atoms with Gasteiger partial charge in [0.15, 0.2) is 0 Å². The van der Waals surface area contributed by atoms with Crippen molar-refractivity contribution in [2.75, 3.05) is 10.5 Å². The van der Waals surface area contributed by atoms with Crippen molar-refractivity contribution >= 4 is 32.7 Å². The molecule has 0 saturated heterocycles. The first kappa shape index (κ1) is 22.3. The molecular weight excluding hydrogens is 447 g/mol. The Labute approximate surface area is 189 Å². The first-order valence-corrected chi connectivity index (χ1v) is 11.7. The van der Waals surface area contributed by atoms with Gasteiger partial charge < -0.3 is 5.73 Å². The highest BCUT2D eigenvalue weighted by molar-refractivity contribution is 7.91. The van der Waals surface area contributed by atoms with Crippen LogP contribution < -0.4 is 16.0 Å². The lowest BCUT2D eigenvalue weighted by atomic mass is 10.1. The molecule has 9 nitrogen and oxygen atoms in total. The number of anilines is 2. The average molecular weight is 469 g/mol. The summed E-state index contributed by atoms with van der Waals surface area (Å²) in [5.41, 5.74) is 6.71. The standard InChI is InChI=1S/C22H21FN6O3S/c1-13(2)29-20-15(10-26-22(24)27-20)9-17(21(29)30)19-8-7-16(11-25-19)28-33(31,32)12-14-5-3-4-6-18(14)23/h3-11,13,28H,12H2,1-2H3,(H2,24,26,27). The molecule has 0 unspecified atom stereocenters. The number of fused-ring (bicyclic) bond motifs is 1. The van der Waals surface area contributed by atoms with E-state index in [1.54, 1.807) is 12.1 Å². The maximum Gasteiger partial charge on any atom is 0.261 e. The molecular formula is C22H21FN6O3S. The second kappa shape index (κ2) is 8.58. The van der Waals surface area contributed by atoms with Crippen LogP contribution in [-0.4, -0.2) is 27.9 Å². The normalized spacial score (nSPS) is 11.8. The number of halogens is 1. The molecule has 33 heavy (non-hydrogen) atoms. The maximum absolute atomic E-state index is 13.8. The molecule has 170 valence electrons. The summed E-state index contributed by atoms with van der Waals surface area (Å²) in [6.45, 7) is 3.70. The number of sulfonamides is 1. The molecule has 3 N–H and O–H groups in total. The predicted molar refractivity (Wildman–Crippen MR) is 124 cm³/mol. The zero-order chi connectivity index (χ0) is 23.8. The van der Waals surface area contributed by atoms with Gasteiger partial charge in [-0.15, -0.1) is 0 Å². The van der Waals surface area contributed by atoms with Gasteiger partial charge in [0, 0.05) is 23.2 Å². The Balaban J connectivity index is 1.66. The summed E-state index contributed by atoms with van der Waals surface area (Å²) in [6, 6.07) is 10.1. The van der Waals surface area contributed by atoms with Gasteiger partial charge in [-0.1, -0.05) is 18.2 Å². The van der Waals surface area contributed by atoms with Crippen LogP contribution in [0.15, 0.2) is 59.7 Å². The number of hydrogen-bond acceptors (Lipinski definition) is 7. The molecule has 1 aromatic carbocycles. The Morgan fingerprint density at radius 2 is 1.88 bits per heavy atom. The van der Waals surface area contributed by atoms with Crippen molar-refractivity contribution in [1.29, 1.82) is 0 Å². The monoisotopic (exact) mass is 468 g/mol. The molecule has 0 bridgehead atoms. The van der Waals surface area contributed by atoms with E-state index in [1.807, 2.05) is 13.8 Å². The fraction of sp³-hybridized carbons (Fsp3) is 0.182. The highest BCUT2D eigenvalue weighted by Crippen LogP contribution is 2.22. The van der Waals surface area contributed by atoms with Gasteiger partial charge in [0.1, 0.15) is 11.5 Å². The van der Waals surface area contributed by atoms with Crippen molar-refractivity contribution in [2.45, 2.75) is 25.6 Å². The minimum absolute atomic E-state index is 0.0582. The van der Waals surface area contributed by atoms with Gasteiger partial charge in [-0.2, -0.15) is 4.98 Å². The van der Waals surface area contributed by atoms with E-state index in [-0.39, 0.29) is 28.8 Å². The molecule has 3 aromatic heterocycles. The lowest BCUT2D eigenvalue weighted by molar-refractivity contribution is 0.591. The SMILES string of the molecule is CC(C)n1c(=O)c(-c2ccc(NS(=O)(=O)Cc3ccccc3F)cn2)cc2cnc(N)nc21. The van der Waals surface area contributed by atoms with Gasteiger partial charge in [-0.25, -0.2) is 17.8 Å². The van der Waals surface area contributed by atoms with Gasteiger partial charge in [0.2, 0.25) is 16.0 Å². The maximum atomic E-state index is 13.8. The first-order chi connectivity index (χ1) is 15.6. The summed E-state index contributed by atoms with van der Waals surface area (Å²) in [4.78, 5) is 25.6. The fourth-order valence-electron chi connectivity index (χ4n) is 3.45. The summed E-state index contributed by atoms with van der Waals surface area (Å²) < 4.78 is 42.6. The second-order valence-electron chi connectivity index (χ2n) is 7.72. The number of pyridine rings is 2. The van der Waals surface area contributed by atoms with Crippen LogP contribution >= 0.6 is 0 Å². The number of rotatable bonds is 6. The highest BCUT2D eigenvalue weighted by atomic mass is 32.2. The van der Waals surface area contributed by atoms with Crippen molar-refractivity contribution in [3.8, 4) is 11.3 Å². The fourth-order valence-corrected chi connectivity index (χ4v) is 4.64. The van der Waals surface area contributed by atoms with Crippen molar-refractivity contribution in [3.05, 3.63) is 76.6 Å². The number of nitrogens with two attached hydrogens (primary N) is 1. The minimum atomic E-state index is -3.87. The van der Waals surface area contributed by atoms with E-state index in [1.165, 1.54) is 47.3 Å². The molecule has 0 aliphatic carbocycles. The Morgan fingerprint density at radius 1 is 1.12 bits per heavy atom. The molecule has 0 amide bonds. The van der Waals surface area contributed by atoms with Crippen molar-refractivity contribution in [2.24, 2.45) is 0 Å². The van der Waals surface area contributed by atoms with E-state index in [0.29, 0.717) is 22.3 Å². The Morgan fingerprint density at radius 3 is 2.55 bits per heavy atom. The van der Waals surface area contributed by atoms with Gasteiger partial charge in [-0.3, -0.25) is 19.1 Å². The summed E-state index contributed by atoms with van der Waals surface area (Å²) >= 11 is 0. The van der Waals surface area contributed by atoms with Gasteiger partial charge in [0.05, 0.1) is 28.9 Å². The molecule has 11 heteroatoms. The smallest absolute Gasteiger partial charge is 0.261 e. The lowest BCUT2D eigenvalue weighted by Gasteiger charge is -2.15. The van der Waals surface area contributed by atoms with Gasteiger partial charge in [-0.05, 0) is 38.1 Å². The van der Waals surface area contributed by atoms with E-state index < -0.39 is 21.6 Å². The summed E-state index contributed by atoms with van der Waals surface area (Å²) in [5.74, 6) is -1.05. The molecule has 0 fully saturated rings. The number of nitrogens with zero attached hydrogens (tertiary/aromatic N) is 4. The zero-order valence-corrected chi connectivity index (χ0v) is 18.7. The van der Waals surface area contributed by atoms with E-state index >= 15 is 0 Å². The molecule has 0 atom stereocenters. The van der Waals surface area contributed by atoms with Crippen LogP contribution in [0, 0.1) is 5.82 Å². The van der Waals surface area contributed by atoms with Crippen molar-refractivity contribution in [3.63, 3.8) is 0 Å². The van der Waals surface area contributed by atoms with Crippen LogP contribution in [0.5, 0.6) is 0 Å². The number of aromatic nitrogens is 4. The van der Waals surface area contributed by atoms with Crippen molar-refractivity contribution in [1.82, 2.24) is 19.5 Å². The third kappa shape index (κ3) is 4.67. The summed E-state index contributed by atoms with van der Waals surface area (Å²) in [7, 11) is -3.87. The third-order valence-electron chi connectivity index (χ3n) is 4.92. The molecule has 4 rings (SSSR count). The second-order valence-corrected chi connectivity index (χ2v) is 9.44. The van der Waals surface area contributed by atoms with Crippen LogP contribution in [-0.2, 0) is 15.8 Å². The van der Waals surface area contributed by atoms with Crippen LogP contribution in [0.25, 0.3) is 22.3 Å². The first-order valence-electron chi connectivity index (χ1n) is 10.0. The molecule has 0 saturated carbocycles. The van der Waals surface area contributed by atoms with E-state index in [2.05, 4.69) is 19.7 Å². The van der Waals surface area contributed by atoms with Crippen LogP contribution in [0.2, 0.25) is 0 Å². The van der Waals surface area contributed by atoms with E-state index in [4.69, 9.17) is 5.73 Å². The number of benzene rings is 1. The summed E-state index contributed by atoms with van der Waals surface area (Å²) in [6.07, 6.45) is 2.84. The Bertz CT molecular complexity index is 1500. The van der Waals surface area contributed by atoms with Crippen molar-refractivity contribution < 1.29 is 12.8 Å². The molecule has 0 radical (unpaired) electrons. The number of nitrogens with one attached hydrogen (secondary N) is 1. The highest BCUT2D eigenvalue weighted by Gasteiger charge is 2.17. The average Bonchev–Trinajstić information content (AvgIpc) is 2.75. The molecule has 4 aromatic rings. The third-order valence-corrected chi connectivity index (χ3v) is 6.16. The molecule has 0 aliphatic rings. The van der Waals surface area contributed by atoms with E-state index in [0.717, 1.165) is 0 Å². The summed E-state index contributed by atoms with van der Waals surface area (Å²) in [5, 5.41) is 0.615. The number of hydrogen-bond donors (Lipinski definition) is 2. The largest absolute Gasteiger partial charge is 0.368 e. The zero-order valence-electron chi connectivity index (χ0n) is 17.9. The van der Waals surface area contributed by atoms with Crippen LogP contribution in [0.3, 0.4) is 0 Å². The topological polar surface area (TPSA) is 133 Å².